The minimum atomic E-state index is -2.03. The molecule has 9 heteroatoms. The molecule has 0 unspecified atom stereocenters. The Kier molecular flexibility index (Phi) is 10.3. The van der Waals surface area contributed by atoms with Crippen LogP contribution in [0.4, 0.5) is 0 Å². The fraction of sp³-hybridized carbons (Fsp3) is 0.889. The molecule has 2 aliphatic heterocycles. The maximum Gasteiger partial charge on any atom is 0.311 e. The van der Waals surface area contributed by atoms with Crippen LogP contribution in [0, 0.1) is 11.8 Å². The summed E-state index contributed by atoms with van der Waals surface area (Å²) < 4.78 is 31.0. The van der Waals surface area contributed by atoms with Crippen molar-refractivity contribution in [3.05, 3.63) is 11.6 Å². The van der Waals surface area contributed by atoms with E-state index in [1.54, 1.807) is 7.11 Å². The largest absolute Gasteiger partial charge is 0.459 e. The standard InChI is InChI=1S/C27H52O7Si2/c1-18-13-21(17-31-36(11,12)26(4,5)6)32-24(28)16-27(29)15-23(34-35(8,9)10)20(3)25(33-27)19(2)22(14-18)30-7/h14,19-23,25,29H,13,15-17H2,1-12H3/b18-14+/t19-,20-,21-,22-,23+,25+,27+/m1/s1. The number of cyclic esters (lactones) is 1. The van der Waals surface area contributed by atoms with Crippen LogP contribution in [0.5, 0.6) is 0 Å². The molecule has 0 aromatic rings. The molecular weight excluding hydrogens is 492 g/mol. The Morgan fingerprint density at radius 3 is 2.28 bits per heavy atom. The average molecular weight is 545 g/mol. The highest BCUT2D eigenvalue weighted by Gasteiger charge is 2.50. The van der Waals surface area contributed by atoms with Crippen LogP contribution >= 0.6 is 0 Å². The highest BCUT2D eigenvalue weighted by molar-refractivity contribution is 6.74. The van der Waals surface area contributed by atoms with Crippen molar-refractivity contribution in [1.82, 2.24) is 0 Å². The summed E-state index contributed by atoms with van der Waals surface area (Å²) in [5, 5.41) is 11.6. The van der Waals surface area contributed by atoms with Crippen molar-refractivity contribution in [2.24, 2.45) is 11.8 Å². The van der Waals surface area contributed by atoms with Crippen molar-refractivity contribution in [2.75, 3.05) is 13.7 Å². The van der Waals surface area contributed by atoms with Gasteiger partial charge < -0.3 is 28.2 Å². The van der Waals surface area contributed by atoms with E-state index < -0.39 is 34.5 Å². The Bertz CT molecular complexity index is 786. The first kappa shape index (κ1) is 31.7. The maximum atomic E-state index is 13.1. The molecule has 36 heavy (non-hydrogen) atoms. The summed E-state index contributed by atoms with van der Waals surface area (Å²) in [6, 6.07) is 0. The zero-order valence-corrected chi connectivity index (χ0v) is 26.8. The van der Waals surface area contributed by atoms with Gasteiger partial charge in [0.15, 0.2) is 22.4 Å². The van der Waals surface area contributed by atoms with Gasteiger partial charge in [0, 0.05) is 31.8 Å². The molecule has 210 valence electrons. The van der Waals surface area contributed by atoms with Gasteiger partial charge in [-0.3, -0.25) is 4.79 Å². The van der Waals surface area contributed by atoms with Crippen molar-refractivity contribution < 1.29 is 33.0 Å². The molecule has 0 aromatic carbocycles. The molecule has 7 atom stereocenters. The van der Waals surface area contributed by atoms with E-state index >= 15 is 0 Å². The van der Waals surface area contributed by atoms with Crippen molar-refractivity contribution >= 4 is 22.6 Å². The van der Waals surface area contributed by atoms with Crippen LogP contribution in [-0.4, -0.2) is 71.6 Å². The Labute approximate surface area is 221 Å². The number of rotatable bonds is 6. The van der Waals surface area contributed by atoms with E-state index in [4.69, 9.17) is 23.1 Å². The molecule has 0 radical (unpaired) electrons. The predicted molar refractivity (Wildman–Crippen MR) is 148 cm³/mol. The highest BCUT2D eigenvalue weighted by atomic mass is 28.4. The van der Waals surface area contributed by atoms with Crippen molar-refractivity contribution in [3.63, 3.8) is 0 Å². The van der Waals surface area contributed by atoms with Crippen LogP contribution in [0.2, 0.25) is 37.8 Å². The molecule has 2 bridgehead atoms. The van der Waals surface area contributed by atoms with Gasteiger partial charge in [-0.25, -0.2) is 0 Å². The van der Waals surface area contributed by atoms with Crippen LogP contribution in [-0.2, 0) is 27.9 Å². The van der Waals surface area contributed by atoms with Gasteiger partial charge in [0.2, 0.25) is 0 Å². The molecule has 1 fully saturated rings. The summed E-state index contributed by atoms with van der Waals surface area (Å²) in [5.74, 6) is -2.17. The summed E-state index contributed by atoms with van der Waals surface area (Å²) in [6.07, 6.45) is 1.39. The normalized spacial score (nSPS) is 36.8. The second-order valence-corrected chi connectivity index (χ2v) is 22.8. The van der Waals surface area contributed by atoms with E-state index in [0.29, 0.717) is 13.0 Å². The van der Waals surface area contributed by atoms with Crippen molar-refractivity contribution in [1.29, 1.82) is 0 Å². The van der Waals surface area contributed by atoms with E-state index in [-0.39, 0.29) is 48.0 Å². The summed E-state index contributed by atoms with van der Waals surface area (Å²) in [5.41, 5.74) is 1.07. The minimum absolute atomic E-state index is 0.0306. The molecule has 0 saturated carbocycles. The third-order valence-electron chi connectivity index (χ3n) is 7.95. The van der Waals surface area contributed by atoms with Crippen LogP contribution in [0.3, 0.4) is 0 Å². The molecule has 2 rings (SSSR count). The first-order valence-electron chi connectivity index (χ1n) is 13.4. The van der Waals surface area contributed by atoms with Gasteiger partial charge >= 0.3 is 5.97 Å². The molecule has 2 heterocycles. The topological polar surface area (TPSA) is 83.5 Å². The first-order chi connectivity index (χ1) is 16.3. The lowest BCUT2D eigenvalue weighted by atomic mass is 9.80. The van der Waals surface area contributed by atoms with Crippen molar-refractivity contribution in [2.45, 2.75) is 129 Å². The zero-order chi connectivity index (χ0) is 27.7. The molecule has 7 nitrogen and oxygen atoms in total. The van der Waals surface area contributed by atoms with E-state index in [2.05, 4.69) is 73.4 Å². The Morgan fingerprint density at radius 2 is 1.75 bits per heavy atom. The fourth-order valence-corrected chi connectivity index (χ4v) is 7.10. The van der Waals surface area contributed by atoms with Crippen LogP contribution in [0.25, 0.3) is 0 Å². The summed E-state index contributed by atoms with van der Waals surface area (Å²) in [6.45, 7) is 23.9. The summed E-state index contributed by atoms with van der Waals surface area (Å²) in [4.78, 5) is 13.1. The molecular formula is C27H52O7Si2. The minimum Gasteiger partial charge on any atom is -0.459 e. The number of methoxy groups -OCH3 is 1. The molecule has 1 N–H and O–H groups in total. The second kappa shape index (κ2) is 11.7. The SMILES string of the molecule is CO[C@@H]1/C=C(\C)C[C@H](CO[Si](C)(C)C(C)(C)C)OC(=O)C[C@]2(O)C[C@H](O[Si](C)(C)C)[C@@H](C)[C@@H](O2)[C@@H]1C. The number of ether oxygens (including phenoxy) is 3. The zero-order valence-electron chi connectivity index (χ0n) is 24.8. The average Bonchev–Trinajstić information content (AvgIpc) is 2.69. The molecule has 1 saturated heterocycles. The summed E-state index contributed by atoms with van der Waals surface area (Å²) in [7, 11) is -2.24. The molecule has 0 amide bonds. The Morgan fingerprint density at radius 1 is 1.14 bits per heavy atom. The quantitative estimate of drug-likeness (QED) is 0.263. The molecule has 0 spiro atoms. The van der Waals surface area contributed by atoms with E-state index in [1.165, 1.54) is 0 Å². The highest BCUT2D eigenvalue weighted by Crippen LogP contribution is 2.41. The smallest absolute Gasteiger partial charge is 0.311 e. The van der Waals surface area contributed by atoms with E-state index in [1.807, 2.05) is 6.92 Å². The number of hydrogen-bond acceptors (Lipinski definition) is 7. The fourth-order valence-electron chi connectivity index (χ4n) is 4.86. The predicted octanol–water partition coefficient (Wildman–Crippen LogP) is 5.64. The molecule has 0 aromatic heterocycles. The lowest BCUT2D eigenvalue weighted by molar-refractivity contribution is -0.300. The summed E-state index contributed by atoms with van der Waals surface area (Å²) >= 11 is 0. The lowest BCUT2D eigenvalue weighted by Gasteiger charge is -2.49. The lowest BCUT2D eigenvalue weighted by Crippen LogP contribution is -2.57. The Hall–Kier alpha value is -0.556. The van der Waals surface area contributed by atoms with Gasteiger partial charge in [0.25, 0.3) is 0 Å². The van der Waals surface area contributed by atoms with Crippen molar-refractivity contribution in [3.8, 4) is 0 Å². The van der Waals surface area contributed by atoms with E-state index in [0.717, 1.165) is 5.57 Å². The van der Waals surface area contributed by atoms with Gasteiger partial charge in [-0.2, -0.15) is 0 Å². The van der Waals surface area contributed by atoms with Crippen LogP contribution in [0.1, 0.15) is 60.8 Å². The second-order valence-electron chi connectivity index (χ2n) is 13.5. The van der Waals surface area contributed by atoms with Gasteiger partial charge in [0.05, 0.1) is 31.3 Å². The number of carbonyl (C=O) groups excluding carboxylic acids is 1. The van der Waals surface area contributed by atoms with Gasteiger partial charge in [0.1, 0.15) is 6.10 Å². The third-order valence-corrected chi connectivity index (χ3v) is 13.5. The maximum absolute atomic E-state index is 13.1. The Balaban J connectivity index is 2.40. The van der Waals surface area contributed by atoms with E-state index in [9.17, 15) is 9.90 Å². The monoisotopic (exact) mass is 544 g/mol. The first-order valence-corrected chi connectivity index (χ1v) is 19.7. The third kappa shape index (κ3) is 8.48. The van der Waals surface area contributed by atoms with Gasteiger partial charge in [-0.05, 0) is 44.7 Å². The van der Waals surface area contributed by atoms with Crippen LogP contribution in [0.15, 0.2) is 11.6 Å². The number of carbonyl (C=O) groups is 1. The number of aliphatic hydroxyl groups is 1. The van der Waals surface area contributed by atoms with Gasteiger partial charge in [-0.1, -0.05) is 46.3 Å². The van der Waals surface area contributed by atoms with Crippen LogP contribution < -0.4 is 0 Å². The number of fused-ring (bicyclic) bond motifs is 2. The molecule has 0 aliphatic carbocycles. The number of hydrogen-bond donors (Lipinski definition) is 1. The van der Waals surface area contributed by atoms with Gasteiger partial charge in [-0.15, -0.1) is 0 Å². The molecule has 2 aliphatic rings. The number of esters is 1.